The number of pyridine rings is 1. The smallest absolute Gasteiger partial charge is 0.345 e. The Balaban J connectivity index is 1.57. The van der Waals surface area contributed by atoms with E-state index in [9.17, 15) is 31.1 Å². The number of hydrogen-bond donors (Lipinski definition) is 1. The summed E-state index contributed by atoms with van der Waals surface area (Å²) in [5, 5.41) is 6.69. The normalized spacial score (nSPS) is 16.2. The lowest BCUT2D eigenvalue weighted by Gasteiger charge is -2.15. The average Bonchev–Trinajstić information content (AvgIpc) is 3.28. The molecule has 4 rings (SSSR count). The first-order valence-electron chi connectivity index (χ1n) is 9.22. The largest absolute Gasteiger partial charge is 0.433 e. The summed E-state index contributed by atoms with van der Waals surface area (Å²) >= 11 is 5.74. The number of hydrogen-bond acceptors (Lipinski definition) is 3. The van der Waals surface area contributed by atoms with Crippen molar-refractivity contribution >= 4 is 17.5 Å². The summed E-state index contributed by atoms with van der Waals surface area (Å²) in [4.78, 5) is 15.9. The van der Waals surface area contributed by atoms with Crippen LogP contribution in [0.3, 0.4) is 0 Å². The van der Waals surface area contributed by atoms with E-state index in [-0.39, 0.29) is 16.3 Å². The van der Waals surface area contributed by atoms with E-state index in [1.54, 1.807) is 0 Å². The van der Waals surface area contributed by atoms with Gasteiger partial charge >= 0.3 is 12.4 Å². The lowest BCUT2D eigenvalue weighted by Crippen LogP contribution is -2.27. The second-order valence-electron chi connectivity index (χ2n) is 7.16. The molecule has 0 bridgehead atoms. The van der Waals surface area contributed by atoms with E-state index in [1.165, 1.54) is 16.9 Å². The lowest BCUT2D eigenvalue weighted by molar-refractivity contribution is -0.141. The fraction of sp³-hybridized carbons (Fsp3) is 0.250. The number of nitrogens with one attached hydrogen (secondary N) is 1. The summed E-state index contributed by atoms with van der Waals surface area (Å²) in [5.41, 5.74) is -1.10. The Morgan fingerprint density at radius 3 is 2.53 bits per heavy atom. The number of rotatable bonds is 3. The molecule has 1 N–H and O–H groups in total. The van der Waals surface area contributed by atoms with Gasteiger partial charge in [0, 0.05) is 28.5 Å². The van der Waals surface area contributed by atoms with E-state index in [4.69, 9.17) is 11.6 Å². The molecule has 2 heterocycles. The van der Waals surface area contributed by atoms with Gasteiger partial charge < -0.3 is 5.32 Å². The highest BCUT2D eigenvalue weighted by Crippen LogP contribution is 2.34. The molecule has 1 aromatic carbocycles. The molecule has 32 heavy (non-hydrogen) atoms. The first-order chi connectivity index (χ1) is 14.9. The summed E-state index contributed by atoms with van der Waals surface area (Å²) in [6.45, 7) is 0. The van der Waals surface area contributed by atoms with Crippen molar-refractivity contribution in [3.63, 3.8) is 0 Å². The van der Waals surface area contributed by atoms with Gasteiger partial charge in [0.2, 0.25) is 0 Å². The molecule has 0 radical (unpaired) electrons. The molecule has 168 valence electrons. The predicted octanol–water partition coefficient (Wildman–Crippen LogP) is 5.38. The topological polar surface area (TPSA) is 59.8 Å². The van der Waals surface area contributed by atoms with Crippen molar-refractivity contribution in [1.29, 1.82) is 0 Å². The van der Waals surface area contributed by atoms with Crippen molar-refractivity contribution in [3.05, 3.63) is 75.8 Å². The van der Waals surface area contributed by atoms with Gasteiger partial charge in [-0.1, -0.05) is 11.6 Å². The van der Waals surface area contributed by atoms with Crippen molar-refractivity contribution in [2.45, 2.75) is 31.2 Å². The van der Waals surface area contributed by atoms with Crippen LogP contribution in [0.1, 0.15) is 45.3 Å². The SMILES string of the molecule is O=C(N[C@@H]1CCc2nn(-c3ccnc(C(F)(F)F)c3)cc21)c1cc(Cl)cc(C(F)(F)F)c1. The van der Waals surface area contributed by atoms with Crippen molar-refractivity contribution < 1.29 is 31.1 Å². The molecule has 1 aliphatic rings. The van der Waals surface area contributed by atoms with Crippen LogP contribution in [0.4, 0.5) is 26.3 Å². The molecular formula is C20H13ClF6N4O. The van der Waals surface area contributed by atoms with E-state index >= 15 is 0 Å². The summed E-state index contributed by atoms with van der Waals surface area (Å²) < 4.78 is 79.0. The maximum Gasteiger partial charge on any atom is 0.433 e. The van der Waals surface area contributed by atoms with E-state index in [0.717, 1.165) is 24.4 Å². The number of halogens is 7. The first kappa shape index (κ1) is 22.1. The number of alkyl halides is 6. The monoisotopic (exact) mass is 474 g/mol. The molecule has 1 amide bonds. The molecule has 0 unspecified atom stereocenters. The van der Waals surface area contributed by atoms with Gasteiger partial charge in [0.15, 0.2) is 0 Å². The van der Waals surface area contributed by atoms with Gasteiger partial charge in [-0.15, -0.1) is 0 Å². The summed E-state index contributed by atoms with van der Waals surface area (Å²) in [6.07, 6.45) is -5.89. The van der Waals surface area contributed by atoms with E-state index in [2.05, 4.69) is 15.4 Å². The highest BCUT2D eigenvalue weighted by atomic mass is 35.5. The molecule has 1 aliphatic carbocycles. The number of carbonyl (C=O) groups excluding carboxylic acids is 1. The third-order valence-corrected chi connectivity index (χ3v) is 5.18. The first-order valence-corrected chi connectivity index (χ1v) is 9.60. The van der Waals surface area contributed by atoms with Crippen LogP contribution >= 0.6 is 11.6 Å². The third-order valence-electron chi connectivity index (χ3n) is 4.96. The van der Waals surface area contributed by atoms with E-state index < -0.39 is 35.6 Å². The molecule has 2 aromatic heterocycles. The van der Waals surface area contributed by atoms with Crippen LogP contribution in [0.25, 0.3) is 5.69 Å². The Kier molecular flexibility index (Phi) is 5.40. The minimum absolute atomic E-state index is 0.136. The summed E-state index contributed by atoms with van der Waals surface area (Å²) in [7, 11) is 0. The van der Waals surface area contributed by atoms with Gasteiger partial charge in [-0.25, -0.2) is 4.68 Å². The number of nitrogens with zero attached hydrogens (tertiary/aromatic N) is 3. The van der Waals surface area contributed by atoms with E-state index in [0.29, 0.717) is 30.2 Å². The van der Waals surface area contributed by atoms with Crippen LogP contribution < -0.4 is 5.32 Å². The Labute approximate surface area is 182 Å². The number of fused-ring (bicyclic) bond motifs is 1. The molecule has 0 saturated heterocycles. The zero-order valence-corrected chi connectivity index (χ0v) is 16.7. The summed E-state index contributed by atoms with van der Waals surface area (Å²) in [5.74, 6) is -0.758. The van der Waals surface area contributed by atoms with Crippen LogP contribution in [-0.4, -0.2) is 20.7 Å². The van der Waals surface area contributed by atoms with Crippen molar-refractivity contribution in [3.8, 4) is 5.69 Å². The van der Waals surface area contributed by atoms with Crippen LogP contribution in [0, 0.1) is 0 Å². The Bertz CT molecular complexity index is 1190. The van der Waals surface area contributed by atoms with Gasteiger partial charge in [0.25, 0.3) is 5.91 Å². The van der Waals surface area contributed by atoms with Crippen LogP contribution in [0.15, 0.2) is 42.7 Å². The highest BCUT2D eigenvalue weighted by Gasteiger charge is 2.34. The molecule has 12 heteroatoms. The molecule has 0 aliphatic heterocycles. The standard InChI is InChI=1S/C20H13ClF6N4O/c21-12-6-10(5-11(7-12)19(22,23)24)18(32)29-15-1-2-16-14(15)9-31(30-16)13-3-4-28-17(8-13)20(25,26)27/h3-9,15H,1-2H2,(H,29,32)/t15-/m1/s1. The maximum atomic E-state index is 13.0. The van der Waals surface area contributed by atoms with E-state index in [1.807, 2.05) is 0 Å². The fourth-order valence-electron chi connectivity index (χ4n) is 3.47. The zero-order valence-electron chi connectivity index (χ0n) is 15.9. The van der Waals surface area contributed by atoms with Crippen LogP contribution in [0.5, 0.6) is 0 Å². The number of aromatic nitrogens is 3. The average molecular weight is 475 g/mol. The highest BCUT2D eigenvalue weighted by molar-refractivity contribution is 6.31. The third kappa shape index (κ3) is 4.43. The number of benzene rings is 1. The molecule has 0 saturated carbocycles. The van der Waals surface area contributed by atoms with Crippen molar-refractivity contribution in [2.75, 3.05) is 0 Å². The van der Waals surface area contributed by atoms with Crippen LogP contribution in [0.2, 0.25) is 5.02 Å². The molecule has 0 fully saturated rings. The Hall–Kier alpha value is -3.08. The molecule has 0 spiro atoms. The molecule has 1 atom stereocenters. The quantitative estimate of drug-likeness (QED) is 0.519. The molecular weight excluding hydrogens is 462 g/mol. The zero-order chi connectivity index (χ0) is 23.3. The Morgan fingerprint density at radius 1 is 1.09 bits per heavy atom. The number of carbonyl (C=O) groups is 1. The van der Waals surface area contributed by atoms with Crippen molar-refractivity contribution in [1.82, 2.24) is 20.1 Å². The number of aryl methyl sites for hydroxylation is 1. The minimum Gasteiger partial charge on any atom is -0.345 e. The maximum absolute atomic E-state index is 13.0. The molecule has 3 aromatic rings. The summed E-state index contributed by atoms with van der Waals surface area (Å²) in [6, 6.07) is 4.19. The van der Waals surface area contributed by atoms with Crippen LogP contribution in [-0.2, 0) is 18.8 Å². The van der Waals surface area contributed by atoms with Gasteiger partial charge in [-0.05, 0) is 43.2 Å². The van der Waals surface area contributed by atoms with Gasteiger partial charge in [-0.3, -0.25) is 9.78 Å². The lowest BCUT2D eigenvalue weighted by atomic mass is 10.1. The van der Waals surface area contributed by atoms with Gasteiger partial charge in [-0.2, -0.15) is 31.4 Å². The molecule has 5 nitrogen and oxygen atoms in total. The fourth-order valence-corrected chi connectivity index (χ4v) is 3.71. The Morgan fingerprint density at radius 2 is 1.84 bits per heavy atom. The van der Waals surface area contributed by atoms with Crippen molar-refractivity contribution in [2.24, 2.45) is 0 Å². The number of amides is 1. The van der Waals surface area contributed by atoms with Gasteiger partial charge in [0.1, 0.15) is 5.69 Å². The second-order valence-corrected chi connectivity index (χ2v) is 7.60. The predicted molar refractivity (Wildman–Crippen MR) is 101 cm³/mol. The minimum atomic E-state index is -4.67. The van der Waals surface area contributed by atoms with Gasteiger partial charge in [0.05, 0.1) is 23.0 Å². The second kappa shape index (κ2) is 7.80.